The fourth-order valence-electron chi connectivity index (χ4n) is 0.552. The molecule has 0 aromatic carbocycles. The van der Waals surface area contributed by atoms with Crippen LogP contribution in [0.5, 0.6) is 0 Å². The molecule has 0 rings (SSSR count). The Kier molecular flexibility index (Phi) is 10.8. The van der Waals surface area contributed by atoms with Crippen LogP contribution >= 0.6 is 0 Å². The van der Waals surface area contributed by atoms with Gasteiger partial charge in [-0.2, -0.15) is 0 Å². The number of hydrogen-bond donors (Lipinski definition) is 0. The van der Waals surface area contributed by atoms with Gasteiger partial charge in [-0.15, -0.1) is 13.2 Å². The van der Waals surface area contributed by atoms with Gasteiger partial charge in [-0.1, -0.05) is 13.3 Å². The highest BCUT2D eigenvalue weighted by molar-refractivity contribution is 5.75. The van der Waals surface area contributed by atoms with Gasteiger partial charge < -0.3 is 4.90 Å². The van der Waals surface area contributed by atoms with Crippen LogP contribution in [0.15, 0.2) is 13.2 Å². The highest BCUT2D eigenvalue weighted by Gasteiger charge is 2.00. The van der Waals surface area contributed by atoms with Gasteiger partial charge >= 0.3 is 0 Å². The predicted molar refractivity (Wildman–Crippen MR) is 49.5 cm³/mol. The molecule has 0 spiro atoms. The first kappa shape index (κ1) is 12.8. The van der Waals surface area contributed by atoms with Crippen molar-refractivity contribution in [2.75, 3.05) is 14.1 Å². The highest BCUT2D eigenvalue weighted by atomic mass is 16.2. The van der Waals surface area contributed by atoms with E-state index in [4.69, 9.17) is 0 Å². The average molecular weight is 157 g/mol. The summed E-state index contributed by atoms with van der Waals surface area (Å²) in [6.07, 6.45) is 2.81. The van der Waals surface area contributed by atoms with E-state index < -0.39 is 0 Å². The zero-order valence-corrected chi connectivity index (χ0v) is 7.89. The Balaban J connectivity index is 0. The van der Waals surface area contributed by atoms with Gasteiger partial charge in [0, 0.05) is 20.5 Å². The topological polar surface area (TPSA) is 20.3 Å². The summed E-state index contributed by atoms with van der Waals surface area (Å²) in [4.78, 5) is 12.5. The van der Waals surface area contributed by atoms with Crippen molar-refractivity contribution in [2.45, 2.75) is 26.2 Å². The van der Waals surface area contributed by atoms with Crippen LogP contribution in [-0.4, -0.2) is 24.9 Å². The van der Waals surface area contributed by atoms with Crippen LogP contribution in [0.25, 0.3) is 0 Å². The summed E-state index contributed by atoms with van der Waals surface area (Å²) in [5.41, 5.74) is 0. The third-order valence-corrected chi connectivity index (χ3v) is 1.24. The van der Waals surface area contributed by atoms with Crippen LogP contribution in [0.2, 0.25) is 0 Å². The van der Waals surface area contributed by atoms with E-state index in [2.05, 4.69) is 20.1 Å². The number of unbranched alkanes of at least 4 members (excludes halogenated alkanes) is 1. The molecule has 0 unspecified atom stereocenters. The van der Waals surface area contributed by atoms with Crippen molar-refractivity contribution in [1.82, 2.24) is 4.90 Å². The van der Waals surface area contributed by atoms with Gasteiger partial charge in [-0.25, -0.2) is 0 Å². The lowest BCUT2D eigenvalue weighted by atomic mass is 10.2. The number of carbonyl (C=O) groups excluding carboxylic acids is 1. The van der Waals surface area contributed by atoms with Crippen molar-refractivity contribution in [1.29, 1.82) is 0 Å². The molecule has 2 heteroatoms. The average Bonchev–Trinajstić information content (AvgIpc) is 2.03. The summed E-state index contributed by atoms with van der Waals surface area (Å²) < 4.78 is 0. The van der Waals surface area contributed by atoms with E-state index in [9.17, 15) is 4.79 Å². The van der Waals surface area contributed by atoms with E-state index in [-0.39, 0.29) is 5.91 Å². The second-order valence-electron chi connectivity index (χ2n) is 2.39. The molecule has 0 aromatic rings. The minimum atomic E-state index is 0.233. The summed E-state index contributed by atoms with van der Waals surface area (Å²) in [7, 11) is 3.58. The normalized spacial score (nSPS) is 7.91. The predicted octanol–water partition coefficient (Wildman–Crippen LogP) is 2.07. The maximum atomic E-state index is 10.8. The van der Waals surface area contributed by atoms with Gasteiger partial charge in [0.2, 0.25) is 5.91 Å². The van der Waals surface area contributed by atoms with Crippen LogP contribution in [0.1, 0.15) is 26.2 Å². The molecule has 0 saturated heterocycles. The lowest BCUT2D eigenvalue weighted by molar-refractivity contribution is -0.128. The van der Waals surface area contributed by atoms with Crippen molar-refractivity contribution in [3.05, 3.63) is 13.2 Å². The molecule has 0 saturated carbocycles. The van der Waals surface area contributed by atoms with Crippen LogP contribution in [-0.2, 0) is 4.79 Å². The van der Waals surface area contributed by atoms with Gasteiger partial charge in [0.05, 0.1) is 0 Å². The van der Waals surface area contributed by atoms with E-state index in [1.807, 2.05) is 0 Å². The lowest BCUT2D eigenvalue weighted by Gasteiger charge is -2.08. The van der Waals surface area contributed by atoms with Crippen LogP contribution in [0, 0.1) is 0 Å². The van der Waals surface area contributed by atoms with Crippen LogP contribution in [0.3, 0.4) is 0 Å². The molecular formula is C9H19NO. The third kappa shape index (κ3) is 9.21. The first-order chi connectivity index (χ1) is 5.18. The number of rotatable bonds is 3. The fourth-order valence-corrected chi connectivity index (χ4v) is 0.552. The fraction of sp³-hybridized carbons (Fsp3) is 0.667. The molecule has 0 aromatic heterocycles. The second kappa shape index (κ2) is 9.21. The molecule has 0 fully saturated rings. The van der Waals surface area contributed by atoms with Crippen molar-refractivity contribution in [3.63, 3.8) is 0 Å². The molecule has 2 nitrogen and oxygen atoms in total. The highest BCUT2D eigenvalue weighted by Crippen LogP contribution is 1.95. The van der Waals surface area contributed by atoms with Gasteiger partial charge in [-0.05, 0) is 6.42 Å². The van der Waals surface area contributed by atoms with E-state index in [0.717, 1.165) is 12.8 Å². The van der Waals surface area contributed by atoms with Crippen molar-refractivity contribution < 1.29 is 4.79 Å². The molecule has 0 aliphatic heterocycles. The maximum Gasteiger partial charge on any atom is 0.222 e. The zero-order chi connectivity index (χ0) is 9.28. The number of amides is 1. The molecule has 0 aliphatic carbocycles. The van der Waals surface area contributed by atoms with E-state index in [1.165, 1.54) is 0 Å². The molecule has 0 N–H and O–H groups in total. The molecule has 0 heterocycles. The first-order valence-electron chi connectivity index (χ1n) is 3.88. The minimum Gasteiger partial charge on any atom is -0.349 e. The Morgan fingerprint density at radius 2 is 1.82 bits per heavy atom. The van der Waals surface area contributed by atoms with Crippen molar-refractivity contribution in [2.24, 2.45) is 0 Å². The van der Waals surface area contributed by atoms with Gasteiger partial charge in [0.15, 0.2) is 0 Å². The molecule has 0 aliphatic rings. The molecular weight excluding hydrogens is 138 g/mol. The standard InChI is InChI=1S/C7H15NO.C2H4/c1-4-5-6-7(9)8(2)3;1-2/h4-6H2,1-3H3;1-2H2. The molecule has 0 radical (unpaired) electrons. The van der Waals surface area contributed by atoms with E-state index in [0.29, 0.717) is 6.42 Å². The van der Waals surface area contributed by atoms with Gasteiger partial charge in [-0.3, -0.25) is 4.79 Å². The van der Waals surface area contributed by atoms with Crippen LogP contribution < -0.4 is 0 Å². The Hall–Kier alpha value is -0.790. The Morgan fingerprint density at radius 1 is 1.36 bits per heavy atom. The largest absolute Gasteiger partial charge is 0.349 e. The van der Waals surface area contributed by atoms with Gasteiger partial charge in [0.1, 0.15) is 0 Å². The Bertz CT molecular complexity index is 99.7. The Morgan fingerprint density at radius 3 is 2.09 bits per heavy atom. The summed E-state index contributed by atoms with van der Waals surface area (Å²) >= 11 is 0. The first-order valence-corrected chi connectivity index (χ1v) is 3.88. The SMILES string of the molecule is C=C.CCCCC(=O)N(C)C. The molecule has 0 bridgehead atoms. The Labute approximate surface area is 69.9 Å². The molecule has 0 atom stereocenters. The molecule has 66 valence electrons. The summed E-state index contributed by atoms with van der Waals surface area (Å²) in [6, 6.07) is 0. The number of nitrogens with zero attached hydrogens (tertiary/aromatic N) is 1. The summed E-state index contributed by atoms with van der Waals surface area (Å²) in [6.45, 7) is 8.09. The minimum absolute atomic E-state index is 0.233. The smallest absolute Gasteiger partial charge is 0.222 e. The van der Waals surface area contributed by atoms with Crippen LogP contribution in [0.4, 0.5) is 0 Å². The third-order valence-electron chi connectivity index (χ3n) is 1.24. The van der Waals surface area contributed by atoms with E-state index in [1.54, 1.807) is 19.0 Å². The molecule has 1 amide bonds. The zero-order valence-electron chi connectivity index (χ0n) is 7.89. The van der Waals surface area contributed by atoms with Gasteiger partial charge in [0.25, 0.3) is 0 Å². The second-order valence-corrected chi connectivity index (χ2v) is 2.39. The monoisotopic (exact) mass is 157 g/mol. The lowest BCUT2D eigenvalue weighted by Crippen LogP contribution is -2.20. The number of carbonyl (C=O) groups is 1. The summed E-state index contributed by atoms with van der Waals surface area (Å²) in [5.74, 6) is 0.233. The van der Waals surface area contributed by atoms with E-state index >= 15 is 0 Å². The van der Waals surface area contributed by atoms with Crippen molar-refractivity contribution in [3.8, 4) is 0 Å². The maximum absolute atomic E-state index is 10.8. The van der Waals surface area contributed by atoms with Crippen molar-refractivity contribution >= 4 is 5.91 Å². The quantitative estimate of drug-likeness (QED) is 0.574. The number of hydrogen-bond acceptors (Lipinski definition) is 1. The molecule has 11 heavy (non-hydrogen) atoms. The summed E-state index contributed by atoms with van der Waals surface area (Å²) in [5, 5.41) is 0.